The van der Waals surface area contributed by atoms with E-state index in [1.165, 1.54) is 0 Å². The largest absolute Gasteiger partial charge is 0.490 e. The molecule has 1 heterocycles. The minimum absolute atomic E-state index is 0.129. The van der Waals surface area contributed by atoms with Crippen molar-refractivity contribution in [3.05, 3.63) is 70.5 Å². The average Bonchev–Trinajstić information content (AvgIpc) is 3.22. The third-order valence-corrected chi connectivity index (χ3v) is 9.16. The molecule has 0 unspecified atom stereocenters. The van der Waals surface area contributed by atoms with Crippen LogP contribution in [-0.4, -0.2) is 34.2 Å². The summed E-state index contributed by atoms with van der Waals surface area (Å²) in [5, 5.41) is 11.0. The first-order valence-electron chi connectivity index (χ1n) is 13.7. The van der Waals surface area contributed by atoms with Crippen molar-refractivity contribution in [1.29, 1.82) is 0 Å². The second-order valence-corrected chi connectivity index (χ2v) is 13.1. The van der Waals surface area contributed by atoms with Crippen LogP contribution in [-0.2, 0) is 14.3 Å². The summed E-state index contributed by atoms with van der Waals surface area (Å²) in [5.41, 5.74) is -2.24. The van der Waals surface area contributed by atoms with E-state index in [1.807, 2.05) is 53.7 Å². The van der Waals surface area contributed by atoms with Gasteiger partial charge >= 0.3 is 0 Å². The zero-order valence-electron chi connectivity index (χ0n) is 24.1. The molecule has 0 aromatic heterocycles. The van der Waals surface area contributed by atoms with Gasteiger partial charge in [-0.05, 0) is 72.1 Å². The Morgan fingerprint density at radius 2 is 1.63 bits per heavy atom. The van der Waals surface area contributed by atoms with Gasteiger partial charge in [0.05, 0.1) is 11.0 Å². The summed E-state index contributed by atoms with van der Waals surface area (Å²) < 4.78 is 6.40. The lowest BCUT2D eigenvalue weighted by Crippen LogP contribution is -2.69. The smallest absolute Gasteiger partial charge is 0.184 e. The lowest BCUT2D eigenvalue weighted by Gasteiger charge is -2.58. The zero-order chi connectivity index (χ0) is 28.3. The summed E-state index contributed by atoms with van der Waals surface area (Å²) in [6, 6.07) is 8.74. The summed E-state index contributed by atoms with van der Waals surface area (Å²) in [5.74, 6) is -0.977. The van der Waals surface area contributed by atoms with Gasteiger partial charge in [-0.3, -0.25) is 14.4 Å². The Balaban J connectivity index is 2.07. The SMILES string of the molecule is CC(C)=CCC1=C2O[C@@H](C(C)(C)O)C[C@@]23C[C@@H](CC=C(C)C)C(C)(C)[C@@](C(=O)c2ccccc2)(C1=O)C3=O. The minimum atomic E-state index is -1.88. The molecule has 1 spiro atoms. The van der Waals surface area contributed by atoms with E-state index in [9.17, 15) is 19.5 Å². The number of benzene rings is 1. The number of ether oxygens (including phenoxy) is 1. The second-order valence-electron chi connectivity index (χ2n) is 13.1. The van der Waals surface area contributed by atoms with Crippen LogP contribution in [0, 0.1) is 22.2 Å². The number of rotatable bonds is 7. The van der Waals surface area contributed by atoms with E-state index in [0.29, 0.717) is 29.7 Å². The summed E-state index contributed by atoms with van der Waals surface area (Å²) in [4.78, 5) is 44.4. The number of hydrogen-bond donors (Lipinski definition) is 1. The zero-order valence-corrected chi connectivity index (χ0v) is 24.1. The highest BCUT2D eigenvalue weighted by Gasteiger charge is 2.77. The quantitative estimate of drug-likeness (QED) is 0.251. The van der Waals surface area contributed by atoms with E-state index in [2.05, 4.69) is 6.08 Å². The van der Waals surface area contributed by atoms with Gasteiger partial charge < -0.3 is 9.84 Å². The summed E-state index contributed by atoms with van der Waals surface area (Å²) in [6.07, 6.45) is 5.07. The molecular formula is C33H42O5. The van der Waals surface area contributed by atoms with Crippen LogP contribution in [0.4, 0.5) is 0 Å². The van der Waals surface area contributed by atoms with Crippen molar-refractivity contribution in [3.8, 4) is 0 Å². The Bertz CT molecular complexity index is 1250. The number of allylic oxidation sites excluding steroid dienone is 6. The van der Waals surface area contributed by atoms with Crippen molar-refractivity contribution < 1.29 is 24.2 Å². The summed E-state index contributed by atoms with van der Waals surface area (Å²) >= 11 is 0. The maximum atomic E-state index is 14.9. The average molecular weight is 519 g/mol. The molecule has 38 heavy (non-hydrogen) atoms. The van der Waals surface area contributed by atoms with Crippen LogP contribution in [0.3, 0.4) is 0 Å². The first kappa shape index (κ1) is 28.2. The van der Waals surface area contributed by atoms with Crippen LogP contribution in [0.15, 0.2) is 65.0 Å². The predicted octanol–water partition coefficient (Wildman–Crippen LogP) is 6.57. The van der Waals surface area contributed by atoms with Crippen molar-refractivity contribution in [3.63, 3.8) is 0 Å². The molecular weight excluding hydrogens is 476 g/mol. The van der Waals surface area contributed by atoms with Crippen LogP contribution >= 0.6 is 0 Å². The maximum Gasteiger partial charge on any atom is 0.184 e. The van der Waals surface area contributed by atoms with Gasteiger partial charge in [-0.1, -0.05) is 67.5 Å². The number of ketones is 3. The van der Waals surface area contributed by atoms with E-state index >= 15 is 0 Å². The third kappa shape index (κ3) is 4.05. The molecule has 4 atom stereocenters. The number of carbonyl (C=O) groups is 3. The molecule has 1 aromatic rings. The maximum absolute atomic E-state index is 14.9. The summed E-state index contributed by atoms with van der Waals surface area (Å²) in [7, 11) is 0. The molecule has 2 bridgehead atoms. The molecule has 1 aliphatic heterocycles. The van der Waals surface area contributed by atoms with Gasteiger partial charge in [0.25, 0.3) is 0 Å². The van der Waals surface area contributed by atoms with Crippen molar-refractivity contribution in [2.45, 2.75) is 92.8 Å². The van der Waals surface area contributed by atoms with Crippen molar-refractivity contribution in [2.24, 2.45) is 22.2 Å². The van der Waals surface area contributed by atoms with Crippen molar-refractivity contribution in [2.75, 3.05) is 0 Å². The van der Waals surface area contributed by atoms with Crippen LogP contribution < -0.4 is 0 Å². The molecule has 204 valence electrons. The molecule has 0 amide bonds. The summed E-state index contributed by atoms with van der Waals surface area (Å²) in [6.45, 7) is 15.2. The number of carbonyl (C=O) groups excluding carboxylic acids is 3. The molecule has 0 radical (unpaired) electrons. The molecule has 2 aliphatic carbocycles. The van der Waals surface area contributed by atoms with Gasteiger partial charge in [0.1, 0.15) is 11.9 Å². The molecule has 4 rings (SSSR count). The van der Waals surface area contributed by atoms with Crippen molar-refractivity contribution >= 4 is 17.3 Å². The topological polar surface area (TPSA) is 80.7 Å². The number of aliphatic hydroxyl groups is 1. The Labute approximate surface area is 227 Å². The minimum Gasteiger partial charge on any atom is -0.490 e. The standard InChI is InChI=1S/C33H42O5/c1-20(2)14-16-23-18-32-19-25(31(7,8)37)38-28(32)24(17-15-21(3)4)27(35)33(29(32)36,30(23,5)6)26(34)22-12-10-9-11-13-22/h9-15,23,25,37H,16-19H2,1-8H3/t23-,25-,32+,33+/m1/s1. The van der Waals surface area contributed by atoms with Gasteiger partial charge in [-0.2, -0.15) is 0 Å². The number of fused-ring (bicyclic) bond motifs is 1. The number of Topliss-reactive ketones (excluding diaryl/α,β-unsaturated/α-hetero) is 3. The Morgan fingerprint density at radius 1 is 1.03 bits per heavy atom. The van der Waals surface area contributed by atoms with E-state index in [4.69, 9.17) is 4.74 Å². The van der Waals surface area contributed by atoms with E-state index in [1.54, 1.807) is 38.1 Å². The van der Waals surface area contributed by atoms with Gasteiger partial charge in [-0.15, -0.1) is 0 Å². The predicted molar refractivity (Wildman–Crippen MR) is 148 cm³/mol. The highest BCUT2D eigenvalue weighted by atomic mass is 16.5. The Kier molecular flexibility index (Phi) is 7.01. The van der Waals surface area contributed by atoms with Gasteiger partial charge in [0.2, 0.25) is 0 Å². The lowest BCUT2D eigenvalue weighted by atomic mass is 9.39. The molecule has 3 aliphatic rings. The van der Waals surface area contributed by atoms with Gasteiger partial charge in [0, 0.05) is 17.6 Å². The first-order chi connectivity index (χ1) is 17.6. The molecule has 2 fully saturated rings. The lowest BCUT2D eigenvalue weighted by molar-refractivity contribution is -0.162. The highest BCUT2D eigenvalue weighted by molar-refractivity contribution is 6.36. The van der Waals surface area contributed by atoms with Gasteiger partial charge in [0.15, 0.2) is 22.8 Å². The van der Waals surface area contributed by atoms with E-state index in [-0.39, 0.29) is 24.5 Å². The van der Waals surface area contributed by atoms with Gasteiger partial charge in [-0.25, -0.2) is 0 Å². The molecule has 5 heteroatoms. The van der Waals surface area contributed by atoms with E-state index in [0.717, 1.165) is 11.1 Å². The van der Waals surface area contributed by atoms with Crippen LogP contribution in [0.25, 0.3) is 0 Å². The molecule has 1 N–H and O–H groups in total. The van der Waals surface area contributed by atoms with Crippen LogP contribution in [0.2, 0.25) is 0 Å². The van der Waals surface area contributed by atoms with Crippen LogP contribution in [0.5, 0.6) is 0 Å². The first-order valence-corrected chi connectivity index (χ1v) is 13.7. The van der Waals surface area contributed by atoms with Crippen molar-refractivity contribution in [1.82, 2.24) is 0 Å². The fourth-order valence-corrected chi connectivity index (χ4v) is 6.84. The Hall–Kier alpha value is -2.79. The number of hydrogen-bond acceptors (Lipinski definition) is 5. The fraction of sp³-hybridized carbons (Fsp3) is 0.545. The third-order valence-electron chi connectivity index (χ3n) is 9.16. The van der Waals surface area contributed by atoms with Crippen LogP contribution in [0.1, 0.15) is 91.4 Å². The monoisotopic (exact) mass is 518 g/mol. The Morgan fingerprint density at radius 3 is 2.18 bits per heavy atom. The highest BCUT2D eigenvalue weighted by Crippen LogP contribution is 2.68. The molecule has 1 aromatic carbocycles. The molecule has 1 saturated carbocycles. The fourth-order valence-electron chi connectivity index (χ4n) is 6.84. The van der Waals surface area contributed by atoms with E-state index < -0.39 is 39.5 Å². The second kappa shape index (κ2) is 9.44. The molecule has 5 nitrogen and oxygen atoms in total. The molecule has 1 saturated heterocycles. The normalized spacial score (nSPS) is 29.9.